The first kappa shape index (κ1) is 27.9. The van der Waals surface area contributed by atoms with Crippen molar-refractivity contribution < 1.29 is 8.83 Å². The second-order valence-corrected chi connectivity index (χ2v) is 12.8. The molecule has 0 atom stereocenters. The van der Waals surface area contributed by atoms with E-state index in [9.17, 15) is 0 Å². The van der Waals surface area contributed by atoms with Crippen molar-refractivity contribution >= 4 is 65.7 Å². The molecule has 0 unspecified atom stereocenters. The summed E-state index contributed by atoms with van der Waals surface area (Å²) < 4.78 is 15.5. The second kappa shape index (κ2) is 10.7. The zero-order chi connectivity index (χ0) is 33.5. The Kier molecular flexibility index (Phi) is 5.86. The van der Waals surface area contributed by atoms with Gasteiger partial charge in [-0.3, -0.25) is 0 Å². The molecule has 0 aliphatic carbocycles. The Bertz CT molecular complexity index is 3140. The average Bonchev–Trinajstić information content (AvgIpc) is 3.88. The summed E-state index contributed by atoms with van der Waals surface area (Å²) >= 11 is 0. The van der Waals surface area contributed by atoms with E-state index in [1.807, 2.05) is 72.8 Å². The van der Waals surface area contributed by atoms with Gasteiger partial charge in [0, 0.05) is 43.7 Å². The van der Waals surface area contributed by atoms with Crippen LogP contribution < -0.4 is 0 Å². The summed E-state index contributed by atoms with van der Waals surface area (Å²) in [6, 6.07) is 53.7. The number of aromatic nitrogens is 4. The van der Waals surface area contributed by atoms with E-state index in [1.54, 1.807) is 0 Å². The number of fused-ring (bicyclic) bond motifs is 10. The summed E-state index contributed by atoms with van der Waals surface area (Å²) in [5, 5.41) is 6.26. The van der Waals surface area contributed by atoms with Crippen molar-refractivity contribution in [2.75, 3.05) is 0 Å². The highest BCUT2D eigenvalue weighted by Gasteiger charge is 2.22. The van der Waals surface area contributed by atoms with Crippen LogP contribution in [-0.4, -0.2) is 19.5 Å². The van der Waals surface area contributed by atoms with E-state index in [4.69, 9.17) is 23.8 Å². The molecule has 0 radical (unpaired) electrons. The molecule has 0 fully saturated rings. The minimum atomic E-state index is 0.538. The average molecular weight is 655 g/mol. The monoisotopic (exact) mass is 654 g/mol. The van der Waals surface area contributed by atoms with E-state index in [1.165, 1.54) is 0 Å². The van der Waals surface area contributed by atoms with Gasteiger partial charge in [-0.05, 0) is 48.5 Å². The summed E-state index contributed by atoms with van der Waals surface area (Å²) in [6.45, 7) is 0. The lowest BCUT2D eigenvalue weighted by atomic mass is 10.0. The van der Waals surface area contributed by atoms with Gasteiger partial charge in [0.1, 0.15) is 22.3 Å². The first-order chi connectivity index (χ1) is 25.3. The maximum atomic E-state index is 6.99. The van der Waals surface area contributed by atoms with Gasteiger partial charge in [-0.1, -0.05) is 109 Å². The minimum absolute atomic E-state index is 0.538. The zero-order valence-corrected chi connectivity index (χ0v) is 27.1. The maximum Gasteiger partial charge on any atom is 0.167 e. The van der Waals surface area contributed by atoms with Crippen LogP contribution in [0, 0.1) is 0 Å². The molecule has 0 saturated carbocycles. The Labute approximate surface area is 290 Å². The molecule has 11 aromatic rings. The smallest absolute Gasteiger partial charge is 0.167 e. The van der Waals surface area contributed by atoms with Gasteiger partial charge in [0.2, 0.25) is 0 Å². The van der Waals surface area contributed by atoms with Gasteiger partial charge in [0.15, 0.2) is 17.5 Å². The number of nitrogens with zero attached hydrogens (tertiary/aromatic N) is 4. The van der Waals surface area contributed by atoms with Crippen LogP contribution in [0.1, 0.15) is 0 Å². The summed E-state index contributed by atoms with van der Waals surface area (Å²) in [5.74, 6) is 1.69. The Morgan fingerprint density at radius 3 is 1.86 bits per heavy atom. The van der Waals surface area contributed by atoms with Crippen molar-refractivity contribution in [2.45, 2.75) is 0 Å². The third kappa shape index (κ3) is 4.14. The topological polar surface area (TPSA) is 69.9 Å². The van der Waals surface area contributed by atoms with Gasteiger partial charge in [-0.25, -0.2) is 15.0 Å². The Hall–Kier alpha value is -7.05. The van der Waals surface area contributed by atoms with E-state index >= 15 is 0 Å². The zero-order valence-electron chi connectivity index (χ0n) is 27.1. The fourth-order valence-electron chi connectivity index (χ4n) is 7.63. The van der Waals surface area contributed by atoms with Gasteiger partial charge in [0.25, 0.3) is 0 Å². The first-order valence-electron chi connectivity index (χ1n) is 17.0. The van der Waals surface area contributed by atoms with Crippen LogP contribution in [-0.2, 0) is 0 Å². The van der Waals surface area contributed by atoms with E-state index < -0.39 is 0 Å². The van der Waals surface area contributed by atoms with Crippen LogP contribution in [0.5, 0.6) is 0 Å². The predicted molar refractivity (Wildman–Crippen MR) is 205 cm³/mol. The second-order valence-electron chi connectivity index (χ2n) is 12.8. The fourth-order valence-corrected chi connectivity index (χ4v) is 7.63. The number of para-hydroxylation sites is 4. The van der Waals surface area contributed by atoms with Crippen molar-refractivity contribution in [3.8, 4) is 39.9 Å². The number of furan rings is 2. The molecule has 6 nitrogen and oxygen atoms in total. The molecule has 6 heteroatoms. The van der Waals surface area contributed by atoms with E-state index in [0.717, 1.165) is 88.1 Å². The molecule has 0 spiro atoms. The summed E-state index contributed by atoms with van der Waals surface area (Å²) in [4.78, 5) is 15.3. The Morgan fingerprint density at radius 1 is 0.373 bits per heavy atom. The van der Waals surface area contributed by atoms with Gasteiger partial charge in [-0.2, -0.15) is 0 Å². The summed E-state index contributed by atoms with van der Waals surface area (Å²) in [6.07, 6.45) is 0. The molecule has 4 aromatic heterocycles. The molecule has 238 valence electrons. The lowest BCUT2D eigenvalue weighted by Crippen LogP contribution is -2.00. The number of hydrogen-bond donors (Lipinski definition) is 0. The highest BCUT2D eigenvalue weighted by molar-refractivity contribution is 6.24. The normalized spacial score (nSPS) is 11.9. The van der Waals surface area contributed by atoms with E-state index in [-0.39, 0.29) is 0 Å². The number of rotatable bonds is 4. The summed E-state index contributed by atoms with van der Waals surface area (Å²) in [7, 11) is 0. The summed E-state index contributed by atoms with van der Waals surface area (Å²) in [5.41, 5.74) is 9.09. The molecule has 0 aliphatic heterocycles. The Balaban J connectivity index is 1.20. The SMILES string of the molecule is c1ccc(-c2nc(-c3cccc4c3oc3c4ccc4c3c3ccccc3n4-c3ccccc3)nc(-c3cccc4oc5ccccc5c34)n2)cc1. The largest absolute Gasteiger partial charge is 0.456 e. The van der Waals surface area contributed by atoms with Crippen molar-refractivity contribution in [1.82, 2.24) is 19.5 Å². The van der Waals surface area contributed by atoms with Crippen molar-refractivity contribution in [1.29, 1.82) is 0 Å². The van der Waals surface area contributed by atoms with Gasteiger partial charge < -0.3 is 13.4 Å². The van der Waals surface area contributed by atoms with E-state index in [0.29, 0.717) is 17.5 Å². The molecular formula is C45H26N4O2. The lowest BCUT2D eigenvalue weighted by molar-refractivity contribution is 0.669. The highest BCUT2D eigenvalue weighted by Crippen LogP contribution is 2.43. The number of benzene rings is 7. The van der Waals surface area contributed by atoms with Gasteiger partial charge in [-0.15, -0.1) is 0 Å². The van der Waals surface area contributed by atoms with Crippen LogP contribution in [0.25, 0.3) is 106 Å². The van der Waals surface area contributed by atoms with Crippen LogP contribution in [0.2, 0.25) is 0 Å². The predicted octanol–water partition coefficient (Wildman–Crippen LogP) is 11.8. The van der Waals surface area contributed by atoms with Crippen molar-refractivity contribution in [3.05, 3.63) is 158 Å². The van der Waals surface area contributed by atoms with Crippen LogP contribution in [0.3, 0.4) is 0 Å². The number of hydrogen-bond acceptors (Lipinski definition) is 5. The molecular weight excluding hydrogens is 629 g/mol. The fraction of sp³-hybridized carbons (Fsp3) is 0. The van der Waals surface area contributed by atoms with E-state index in [2.05, 4.69) is 89.5 Å². The van der Waals surface area contributed by atoms with Gasteiger partial charge in [0.05, 0.1) is 22.0 Å². The quantitative estimate of drug-likeness (QED) is 0.189. The lowest BCUT2D eigenvalue weighted by Gasteiger charge is -2.09. The molecule has 0 saturated heterocycles. The van der Waals surface area contributed by atoms with Crippen molar-refractivity contribution in [2.24, 2.45) is 0 Å². The standard InChI is InChI=1S/C45H26N4O2/c1-3-13-27(14-4-1)43-46-44(33-20-12-24-38-39(33)32-18-8-10-23-37(32)50-38)48-45(47-43)34-21-11-19-29-30-25-26-36-40(42(30)51-41(29)34)31-17-7-9-22-35(31)49(36)28-15-5-2-6-16-28/h1-26H. The van der Waals surface area contributed by atoms with Crippen LogP contribution in [0.4, 0.5) is 0 Å². The molecule has 51 heavy (non-hydrogen) atoms. The third-order valence-electron chi connectivity index (χ3n) is 9.87. The molecule has 11 rings (SSSR count). The molecule has 0 aliphatic rings. The first-order valence-corrected chi connectivity index (χ1v) is 17.0. The minimum Gasteiger partial charge on any atom is -0.456 e. The molecule has 0 N–H and O–H groups in total. The Morgan fingerprint density at radius 2 is 1.00 bits per heavy atom. The van der Waals surface area contributed by atoms with Gasteiger partial charge >= 0.3 is 0 Å². The molecule has 0 amide bonds. The molecule has 4 heterocycles. The third-order valence-corrected chi connectivity index (χ3v) is 9.87. The maximum absolute atomic E-state index is 6.99. The highest BCUT2D eigenvalue weighted by atomic mass is 16.3. The van der Waals surface area contributed by atoms with Crippen LogP contribution in [0.15, 0.2) is 167 Å². The molecule has 7 aromatic carbocycles. The van der Waals surface area contributed by atoms with Crippen molar-refractivity contribution in [3.63, 3.8) is 0 Å². The van der Waals surface area contributed by atoms with Crippen LogP contribution >= 0.6 is 0 Å². The molecule has 0 bridgehead atoms.